The molecule has 0 bridgehead atoms. The van der Waals surface area contributed by atoms with Crippen LogP contribution in [0.15, 0.2) is 72.3 Å². The molecule has 4 aromatic rings. The molecule has 174 valence electrons. The summed E-state index contributed by atoms with van der Waals surface area (Å²) >= 11 is 17.8. The summed E-state index contributed by atoms with van der Waals surface area (Å²) in [6.45, 7) is 3.95. The molecule has 0 atom stereocenters. The number of fused-ring (bicyclic) bond motifs is 1. The molecule has 0 aliphatic carbocycles. The summed E-state index contributed by atoms with van der Waals surface area (Å²) in [6, 6.07) is 21.2. The zero-order valence-electron chi connectivity index (χ0n) is 18.8. The smallest absolute Gasteiger partial charge is 0.270 e. The van der Waals surface area contributed by atoms with Crippen molar-refractivity contribution < 1.29 is 9.59 Å². The van der Waals surface area contributed by atoms with E-state index in [1.165, 1.54) is 4.90 Å². The van der Waals surface area contributed by atoms with E-state index in [0.717, 1.165) is 33.4 Å². The Labute approximate surface area is 217 Å². The highest BCUT2D eigenvalue weighted by atomic mass is 35.5. The Morgan fingerprint density at radius 1 is 0.914 bits per heavy atom. The van der Waals surface area contributed by atoms with Gasteiger partial charge in [-0.05, 0) is 67.4 Å². The highest BCUT2D eigenvalue weighted by Crippen LogP contribution is 2.35. The number of halogens is 2. The van der Waals surface area contributed by atoms with Gasteiger partial charge in [-0.2, -0.15) is 0 Å². The first-order valence-electron chi connectivity index (χ1n) is 10.8. The number of hydrogen-bond acceptors (Lipinski definition) is 3. The van der Waals surface area contributed by atoms with Crippen LogP contribution >= 0.6 is 35.4 Å². The quantitative estimate of drug-likeness (QED) is 0.194. The highest BCUT2D eigenvalue weighted by Gasteiger charge is 2.36. The number of carbonyl (C=O) groups excluding carboxylic acids is 2. The van der Waals surface area contributed by atoms with Crippen molar-refractivity contribution in [3.05, 3.63) is 99.3 Å². The van der Waals surface area contributed by atoms with E-state index < -0.39 is 11.8 Å². The molecule has 0 spiro atoms. The molecule has 5 rings (SSSR count). The lowest BCUT2D eigenvalue weighted by molar-refractivity contribution is -0.122. The van der Waals surface area contributed by atoms with Crippen molar-refractivity contribution in [1.82, 2.24) is 9.88 Å². The number of amides is 2. The number of thiocarbonyl (C=S) groups is 1. The van der Waals surface area contributed by atoms with Crippen molar-refractivity contribution in [1.29, 1.82) is 0 Å². The fraction of sp³-hybridized carbons (Fsp3) is 0.0741. The topological polar surface area (TPSA) is 54.3 Å². The van der Waals surface area contributed by atoms with E-state index in [-0.39, 0.29) is 20.7 Å². The van der Waals surface area contributed by atoms with Gasteiger partial charge in [0.15, 0.2) is 5.11 Å². The molecule has 1 aliphatic heterocycles. The van der Waals surface area contributed by atoms with Crippen molar-refractivity contribution in [2.75, 3.05) is 4.90 Å². The molecule has 5 nitrogen and oxygen atoms in total. The fourth-order valence-corrected chi connectivity index (χ4v) is 5.06. The van der Waals surface area contributed by atoms with Crippen molar-refractivity contribution in [2.24, 2.45) is 0 Å². The number of anilines is 1. The van der Waals surface area contributed by atoms with Gasteiger partial charge in [-0.1, -0.05) is 65.7 Å². The molecular weight excluding hydrogens is 501 g/mol. The number of carbonyl (C=O) groups is 2. The standard InChI is InChI=1S/C27H19Cl2N3O2S/c1-15-13-18(16(2)31(15)22-11-5-8-17-7-3-4-9-19(17)22)14-20-25(33)30-27(35)32(26(20)34)23-12-6-10-21(28)24(23)29/h3-14H,1-2H3,(H,30,33,35)/b20-14-. The van der Waals surface area contributed by atoms with Crippen LogP contribution in [0.3, 0.4) is 0 Å². The Balaban J connectivity index is 1.61. The molecule has 0 unspecified atom stereocenters. The maximum Gasteiger partial charge on any atom is 0.270 e. The zero-order valence-corrected chi connectivity index (χ0v) is 21.1. The average Bonchev–Trinajstić information content (AvgIpc) is 3.11. The van der Waals surface area contributed by atoms with Crippen LogP contribution in [0, 0.1) is 13.8 Å². The van der Waals surface area contributed by atoms with Gasteiger partial charge < -0.3 is 4.57 Å². The Kier molecular flexibility index (Phi) is 5.97. The Morgan fingerprint density at radius 3 is 2.40 bits per heavy atom. The van der Waals surface area contributed by atoms with Gasteiger partial charge in [-0.3, -0.25) is 19.8 Å². The van der Waals surface area contributed by atoms with Crippen molar-refractivity contribution in [2.45, 2.75) is 13.8 Å². The van der Waals surface area contributed by atoms with Crippen LogP contribution in [-0.4, -0.2) is 21.5 Å². The lowest BCUT2D eigenvalue weighted by Gasteiger charge is -2.29. The summed E-state index contributed by atoms with van der Waals surface area (Å²) < 4.78 is 2.12. The number of nitrogens with one attached hydrogen (secondary N) is 1. The van der Waals surface area contributed by atoms with E-state index in [2.05, 4.69) is 34.1 Å². The van der Waals surface area contributed by atoms with E-state index in [4.69, 9.17) is 35.4 Å². The fourth-order valence-electron chi connectivity index (χ4n) is 4.40. The second-order valence-corrected chi connectivity index (χ2v) is 9.36. The summed E-state index contributed by atoms with van der Waals surface area (Å²) in [4.78, 5) is 27.5. The van der Waals surface area contributed by atoms with Gasteiger partial charge >= 0.3 is 0 Å². The van der Waals surface area contributed by atoms with Gasteiger partial charge in [0.05, 0.1) is 21.4 Å². The summed E-state index contributed by atoms with van der Waals surface area (Å²) in [7, 11) is 0. The van der Waals surface area contributed by atoms with Crippen LogP contribution in [0.4, 0.5) is 5.69 Å². The van der Waals surface area contributed by atoms with Crippen LogP contribution in [0.5, 0.6) is 0 Å². The van der Waals surface area contributed by atoms with Gasteiger partial charge in [0, 0.05) is 16.8 Å². The van der Waals surface area contributed by atoms with Gasteiger partial charge in [0.2, 0.25) is 0 Å². The predicted molar refractivity (Wildman–Crippen MR) is 145 cm³/mol. The molecule has 1 aliphatic rings. The third-order valence-corrected chi connectivity index (χ3v) is 7.15. The van der Waals surface area contributed by atoms with Gasteiger partial charge in [-0.15, -0.1) is 0 Å². The number of hydrogen-bond donors (Lipinski definition) is 1. The molecule has 1 fully saturated rings. The minimum Gasteiger partial charge on any atom is -0.317 e. The molecule has 1 N–H and O–H groups in total. The molecule has 3 aromatic carbocycles. The first kappa shape index (κ1) is 23.3. The first-order valence-corrected chi connectivity index (χ1v) is 12.0. The second-order valence-electron chi connectivity index (χ2n) is 8.19. The summed E-state index contributed by atoms with van der Waals surface area (Å²) in [5.41, 5.74) is 3.90. The molecule has 2 amide bonds. The summed E-state index contributed by atoms with van der Waals surface area (Å²) in [5, 5.41) is 5.23. The van der Waals surface area contributed by atoms with Gasteiger partial charge in [-0.25, -0.2) is 0 Å². The minimum atomic E-state index is -0.571. The molecule has 1 aromatic heterocycles. The first-order chi connectivity index (χ1) is 16.8. The highest BCUT2D eigenvalue weighted by molar-refractivity contribution is 7.80. The lowest BCUT2D eigenvalue weighted by Crippen LogP contribution is -2.54. The molecule has 2 heterocycles. The molecule has 1 saturated heterocycles. The largest absolute Gasteiger partial charge is 0.317 e. The SMILES string of the molecule is Cc1cc(/C=C2/C(=O)NC(=S)N(c3cccc(Cl)c3Cl)C2=O)c(C)n1-c1cccc2ccccc12. The van der Waals surface area contributed by atoms with Crippen LogP contribution in [-0.2, 0) is 9.59 Å². The van der Waals surface area contributed by atoms with Crippen LogP contribution in [0.25, 0.3) is 22.5 Å². The second kappa shape index (κ2) is 8.96. The zero-order chi connectivity index (χ0) is 24.9. The van der Waals surface area contributed by atoms with Crippen LogP contribution in [0.1, 0.15) is 17.0 Å². The van der Waals surface area contributed by atoms with Crippen molar-refractivity contribution >= 4 is 74.9 Å². The van der Waals surface area contributed by atoms with E-state index in [9.17, 15) is 9.59 Å². The predicted octanol–water partition coefficient (Wildman–Crippen LogP) is 6.39. The summed E-state index contributed by atoms with van der Waals surface area (Å²) in [6.07, 6.45) is 1.59. The maximum atomic E-state index is 13.5. The third-order valence-electron chi connectivity index (χ3n) is 6.05. The number of rotatable bonds is 3. The van der Waals surface area contributed by atoms with E-state index in [1.54, 1.807) is 24.3 Å². The van der Waals surface area contributed by atoms with Crippen LogP contribution < -0.4 is 10.2 Å². The van der Waals surface area contributed by atoms with Gasteiger partial charge in [0.1, 0.15) is 5.57 Å². The van der Waals surface area contributed by atoms with Gasteiger partial charge in [0.25, 0.3) is 11.8 Å². The number of benzene rings is 3. The number of aryl methyl sites for hydroxylation is 1. The minimum absolute atomic E-state index is 0.0483. The number of aromatic nitrogens is 1. The number of nitrogens with zero attached hydrogens (tertiary/aromatic N) is 2. The molecule has 35 heavy (non-hydrogen) atoms. The Bertz CT molecular complexity index is 1580. The van der Waals surface area contributed by atoms with E-state index in [1.807, 2.05) is 38.1 Å². The average molecular weight is 520 g/mol. The van der Waals surface area contributed by atoms with Crippen LogP contribution in [0.2, 0.25) is 10.0 Å². The molecule has 8 heteroatoms. The maximum absolute atomic E-state index is 13.5. The van der Waals surface area contributed by atoms with Crippen molar-refractivity contribution in [3.63, 3.8) is 0 Å². The molecular formula is C27H19Cl2N3O2S. The summed E-state index contributed by atoms with van der Waals surface area (Å²) in [5.74, 6) is -1.14. The Morgan fingerprint density at radius 2 is 1.60 bits per heavy atom. The van der Waals surface area contributed by atoms with E-state index in [0.29, 0.717) is 5.69 Å². The molecule has 0 saturated carbocycles. The normalized spacial score (nSPS) is 15.3. The Hall–Kier alpha value is -3.45. The van der Waals surface area contributed by atoms with Crippen molar-refractivity contribution in [3.8, 4) is 5.69 Å². The van der Waals surface area contributed by atoms with E-state index >= 15 is 0 Å². The molecule has 0 radical (unpaired) electrons. The monoisotopic (exact) mass is 519 g/mol. The lowest BCUT2D eigenvalue weighted by atomic mass is 10.1. The third kappa shape index (κ3) is 3.93.